The van der Waals surface area contributed by atoms with Gasteiger partial charge in [-0.25, -0.2) is 0 Å². The maximum absolute atomic E-state index is 13.4. The highest BCUT2D eigenvalue weighted by molar-refractivity contribution is 9.10. The number of benzene rings is 3. The van der Waals surface area contributed by atoms with Crippen LogP contribution in [0.25, 0.3) is 0 Å². The summed E-state index contributed by atoms with van der Waals surface area (Å²) in [6, 6.07) is 19.7. The summed E-state index contributed by atoms with van der Waals surface area (Å²) in [4.78, 5) is 4.68. The van der Waals surface area contributed by atoms with Gasteiger partial charge in [0.25, 0.3) is 0 Å². The Kier molecular flexibility index (Phi) is 8.50. The van der Waals surface area contributed by atoms with Crippen LogP contribution in [0.3, 0.4) is 0 Å². The molecule has 2 heterocycles. The van der Waals surface area contributed by atoms with Gasteiger partial charge in [-0.1, -0.05) is 58.4 Å². The highest BCUT2D eigenvalue weighted by atomic mass is 79.9. The molecule has 0 saturated carbocycles. The highest BCUT2D eigenvalue weighted by Gasteiger charge is 2.41. The molecule has 10 heteroatoms. The fourth-order valence-corrected chi connectivity index (χ4v) is 6.24. The molecule has 0 N–H and O–H groups in total. The van der Waals surface area contributed by atoms with Crippen molar-refractivity contribution in [3.05, 3.63) is 99.5 Å². The first-order valence-electron chi connectivity index (χ1n) is 13.2. The number of piperidine rings is 1. The van der Waals surface area contributed by atoms with E-state index in [2.05, 4.69) is 30.5 Å². The van der Waals surface area contributed by atoms with Crippen molar-refractivity contribution in [2.75, 3.05) is 19.6 Å². The molecule has 40 heavy (non-hydrogen) atoms. The Bertz CT molecular complexity index is 1290. The molecule has 0 amide bonds. The van der Waals surface area contributed by atoms with E-state index in [-0.39, 0.29) is 23.8 Å². The van der Waals surface area contributed by atoms with E-state index in [1.54, 1.807) is 18.2 Å². The molecule has 5 rings (SSSR count). The minimum atomic E-state index is -4.71. The van der Waals surface area contributed by atoms with Crippen LogP contribution in [0.1, 0.15) is 53.5 Å². The SMILES string of the molecule is FC(F)(F)Oc1ccc(C2CCN(CC3CC(c4cccc(C(F)(F)F)c4)N3Cc3ccccc3Br)CC2)cc1. The van der Waals surface area contributed by atoms with Crippen LogP contribution < -0.4 is 4.74 Å². The predicted octanol–water partition coefficient (Wildman–Crippen LogP) is 8.56. The summed E-state index contributed by atoms with van der Waals surface area (Å²) in [7, 11) is 0. The predicted molar refractivity (Wildman–Crippen MR) is 144 cm³/mol. The highest BCUT2D eigenvalue weighted by Crippen LogP contribution is 2.43. The Hall–Kier alpha value is -2.56. The molecule has 214 valence electrons. The van der Waals surface area contributed by atoms with Crippen molar-refractivity contribution in [3.8, 4) is 5.75 Å². The fraction of sp³-hybridized carbons (Fsp3) is 0.400. The molecule has 2 fully saturated rings. The summed E-state index contributed by atoms with van der Waals surface area (Å²) in [5.41, 5.74) is 2.13. The topological polar surface area (TPSA) is 15.7 Å². The molecule has 2 aliphatic heterocycles. The van der Waals surface area contributed by atoms with Gasteiger partial charge in [0, 0.05) is 29.6 Å². The summed E-state index contributed by atoms with van der Waals surface area (Å²) in [5.74, 6) is 0.0333. The monoisotopic (exact) mass is 626 g/mol. The number of ether oxygens (including phenoxy) is 1. The molecule has 2 unspecified atom stereocenters. The Morgan fingerprint density at radius 3 is 2.17 bits per heavy atom. The molecular formula is C30H29BrF6N2O. The van der Waals surface area contributed by atoms with E-state index in [0.29, 0.717) is 12.1 Å². The van der Waals surface area contributed by atoms with Gasteiger partial charge in [-0.3, -0.25) is 4.90 Å². The quantitative estimate of drug-likeness (QED) is 0.244. The lowest BCUT2D eigenvalue weighted by Crippen LogP contribution is -2.55. The normalized spacial score (nSPS) is 21.3. The smallest absolute Gasteiger partial charge is 0.406 e. The number of nitrogens with zero attached hydrogens (tertiary/aromatic N) is 2. The molecular weight excluding hydrogens is 598 g/mol. The van der Waals surface area contributed by atoms with Gasteiger partial charge >= 0.3 is 12.5 Å². The largest absolute Gasteiger partial charge is 0.573 e. The minimum absolute atomic E-state index is 0.102. The minimum Gasteiger partial charge on any atom is -0.406 e. The number of rotatable bonds is 7. The number of hydrogen-bond acceptors (Lipinski definition) is 3. The summed E-state index contributed by atoms with van der Waals surface area (Å²) in [5, 5.41) is 0. The van der Waals surface area contributed by atoms with Crippen molar-refractivity contribution in [1.82, 2.24) is 9.80 Å². The number of likely N-dealkylation sites (tertiary alicyclic amines) is 2. The number of alkyl halides is 6. The molecule has 2 aliphatic rings. The lowest BCUT2D eigenvalue weighted by molar-refractivity contribution is -0.274. The van der Waals surface area contributed by atoms with Gasteiger partial charge in [0.2, 0.25) is 0 Å². The summed E-state index contributed by atoms with van der Waals surface area (Å²) >= 11 is 3.61. The molecule has 3 aromatic rings. The van der Waals surface area contributed by atoms with Crippen molar-refractivity contribution in [1.29, 1.82) is 0 Å². The molecule has 2 atom stereocenters. The van der Waals surface area contributed by atoms with E-state index in [9.17, 15) is 26.3 Å². The zero-order chi connectivity index (χ0) is 28.5. The zero-order valence-electron chi connectivity index (χ0n) is 21.6. The second-order valence-electron chi connectivity index (χ2n) is 10.5. The molecule has 2 saturated heterocycles. The van der Waals surface area contributed by atoms with Gasteiger partial charge in [0.15, 0.2) is 0 Å². The maximum atomic E-state index is 13.4. The van der Waals surface area contributed by atoms with E-state index in [1.165, 1.54) is 24.3 Å². The molecule has 0 spiro atoms. The van der Waals surface area contributed by atoms with Crippen LogP contribution in [0.15, 0.2) is 77.3 Å². The lowest BCUT2D eigenvalue weighted by Gasteiger charge is -2.51. The van der Waals surface area contributed by atoms with Crippen LogP contribution in [-0.4, -0.2) is 41.8 Å². The van der Waals surface area contributed by atoms with E-state index in [1.807, 2.05) is 24.3 Å². The maximum Gasteiger partial charge on any atom is 0.573 e. The third-order valence-electron chi connectivity index (χ3n) is 7.92. The van der Waals surface area contributed by atoms with E-state index < -0.39 is 18.1 Å². The summed E-state index contributed by atoms with van der Waals surface area (Å²) < 4.78 is 82.5. The molecule has 0 aromatic heterocycles. The van der Waals surface area contributed by atoms with Crippen LogP contribution in [-0.2, 0) is 12.7 Å². The Morgan fingerprint density at radius 2 is 1.52 bits per heavy atom. The van der Waals surface area contributed by atoms with Gasteiger partial charge in [-0.05, 0) is 85.3 Å². The second-order valence-corrected chi connectivity index (χ2v) is 11.3. The van der Waals surface area contributed by atoms with Crippen LogP contribution in [0.4, 0.5) is 26.3 Å². The third-order valence-corrected chi connectivity index (χ3v) is 8.69. The molecule has 0 bridgehead atoms. The van der Waals surface area contributed by atoms with Gasteiger partial charge in [0.1, 0.15) is 5.75 Å². The average molecular weight is 627 g/mol. The Morgan fingerprint density at radius 1 is 0.825 bits per heavy atom. The summed E-state index contributed by atoms with van der Waals surface area (Å²) in [6.07, 6.45) is -6.56. The van der Waals surface area contributed by atoms with Crippen molar-refractivity contribution in [2.24, 2.45) is 0 Å². The first kappa shape index (κ1) is 29.0. The van der Waals surface area contributed by atoms with Crippen molar-refractivity contribution in [3.63, 3.8) is 0 Å². The Balaban J connectivity index is 1.23. The van der Waals surface area contributed by atoms with Gasteiger partial charge in [-0.15, -0.1) is 13.2 Å². The van der Waals surface area contributed by atoms with Gasteiger partial charge in [0.05, 0.1) is 5.56 Å². The lowest BCUT2D eigenvalue weighted by atomic mass is 9.84. The molecule has 3 aromatic carbocycles. The number of halogens is 7. The van der Waals surface area contributed by atoms with Crippen LogP contribution >= 0.6 is 15.9 Å². The molecule has 0 radical (unpaired) electrons. The number of hydrogen-bond donors (Lipinski definition) is 0. The van der Waals surface area contributed by atoms with E-state index >= 15 is 0 Å². The zero-order valence-corrected chi connectivity index (χ0v) is 23.1. The third kappa shape index (κ3) is 7.01. The first-order valence-corrected chi connectivity index (χ1v) is 14.0. The first-order chi connectivity index (χ1) is 19.0. The average Bonchev–Trinajstić information content (AvgIpc) is 2.90. The van der Waals surface area contributed by atoms with Crippen molar-refractivity contribution < 1.29 is 31.1 Å². The Labute approximate surface area is 237 Å². The standard InChI is InChI=1S/C30H29BrF6N2O/c31-27-7-2-1-4-23(27)18-39-25(17-28(39)22-5-3-6-24(16-22)29(32,33)34)19-38-14-12-21(13-15-38)20-8-10-26(11-9-20)40-30(35,36)37/h1-11,16,21,25,28H,12-15,17-19H2. The van der Waals surface area contributed by atoms with Crippen LogP contribution in [0.5, 0.6) is 5.75 Å². The summed E-state index contributed by atoms with van der Waals surface area (Å²) in [6.45, 7) is 3.12. The molecule has 3 nitrogen and oxygen atoms in total. The van der Waals surface area contributed by atoms with Crippen molar-refractivity contribution in [2.45, 2.75) is 56.3 Å². The van der Waals surface area contributed by atoms with E-state index in [0.717, 1.165) is 60.6 Å². The van der Waals surface area contributed by atoms with Crippen molar-refractivity contribution >= 4 is 15.9 Å². The van der Waals surface area contributed by atoms with Crippen LogP contribution in [0.2, 0.25) is 0 Å². The van der Waals surface area contributed by atoms with Crippen LogP contribution in [0, 0.1) is 0 Å². The fourth-order valence-electron chi connectivity index (χ4n) is 5.83. The second kappa shape index (κ2) is 11.7. The molecule has 0 aliphatic carbocycles. The van der Waals surface area contributed by atoms with E-state index in [4.69, 9.17) is 0 Å². The van der Waals surface area contributed by atoms with Gasteiger partial charge in [-0.2, -0.15) is 13.2 Å². The van der Waals surface area contributed by atoms with Gasteiger partial charge < -0.3 is 9.64 Å².